The van der Waals surface area contributed by atoms with E-state index in [0.29, 0.717) is 6.54 Å². The van der Waals surface area contributed by atoms with Crippen molar-refractivity contribution in [2.24, 2.45) is 4.99 Å². The first kappa shape index (κ1) is 24.6. The molecule has 1 fully saturated rings. The van der Waals surface area contributed by atoms with Crippen molar-refractivity contribution in [3.05, 3.63) is 42.4 Å². The van der Waals surface area contributed by atoms with Crippen molar-refractivity contribution in [2.45, 2.75) is 26.3 Å². The van der Waals surface area contributed by atoms with E-state index >= 15 is 0 Å². The highest BCUT2D eigenvalue weighted by Crippen LogP contribution is 2.16. The number of aromatic amines is 1. The van der Waals surface area contributed by atoms with E-state index in [9.17, 15) is 0 Å². The topological polar surface area (TPSA) is 68.8 Å². The summed E-state index contributed by atoms with van der Waals surface area (Å²) >= 11 is 0. The van der Waals surface area contributed by atoms with Gasteiger partial charge in [0.1, 0.15) is 5.82 Å². The molecule has 0 unspecified atom stereocenters. The Kier molecular flexibility index (Phi) is 11.2. The highest BCUT2D eigenvalue weighted by molar-refractivity contribution is 14.0. The largest absolute Gasteiger partial charge is 0.379 e. The van der Waals surface area contributed by atoms with E-state index in [1.807, 2.05) is 24.4 Å². The molecule has 1 aliphatic heterocycles. The van der Waals surface area contributed by atoms with Crippen LogP contribution in [0.2, 0.25) is 0 Å². The third-order valence-electron chi connectivity index (χ3n) is 5.04. The van der Waals surface area contributed by atoms with Gasteiger partial charge in [-0.05, 0) is 31.9 Å². The minimum atomic E-state index is 0. The number of guanidine groups is 1. The monoisotopic (exact) mass is 526 g/mol. The summed E-state index contributed by atoms with van der Waals surface area (Å²) < 4.78 is 5.40. The zero-order valence-corrected chi connectivity index (χ0v) is 20.5. The molecule has 1 saturated heterocycles. The van der Waals surface area contributed by atoms with Gasteiger partial charge in [-0.1, -0.05) is 30.3 Å². The molecule has 1 aromatic heterocycles. The minimum Gasteiger partial charge on any atom is -0.379 e. The quantitative estimate of drug-likeness (QED) is 0.228. The Morgan fingerprint density at radius 2 is 2.00 bits per heavy atom. The Morgan fingerprint density at radius 1 is 1.23 bits per heavy atom. The Hall–Kier alpha value is -1.65. The summed E-state index contributed by atoms with van der Waals surface area (Å²) in [5.41, 5.74) is 2.19. The minimum absolute atomic E-state index is 0. The van der Waals surface area contributed by atoms with Gasteiger partial charge in [0, 0.05) is 33.2 Å². The number of unbranched alkanes of at least 4 members (excludes halogenated alkanes) is 1. The summed E-state index contributed by atoms with van der Waals surface area (Å²) in [4.78, 5) is 17.4. The van der Waals surface area contributed by atoms with Crippen molar-refractivity contribution in [2.75, 3.05) is 53.0 Å². The van der Waals surface area contributed by atoms with Crippen LogP contribution in [0.25, 0.3) is 11.3 Å². The first-order valence-electron chi connectivity index (χ1n) is 10.6. The molecule has 0 aliphatic carbocycles. The van der Waals surface area contributed by atoms with Crippen molar-refractivity contribution in [3.63, 3.8) is 0 Å². The predicted octanol–water partition coefficient (Wildman–Crippen LogP) is 3.20. The second-order valence-electron chi connectivity index (χ2n) is 7.36. The van der Waals surface area contributed by atoms with Crippen LogP contribution in [-0.2, 0) is 11.3 Å². The molecule has 166 valence electrons. The van der Waals surface area contributed by atoms with Crippen LogP contribution < -0.4 is 5.32 Å². The van der Waals surface area contributed by atoms with E-state index in [0.717, 1.165) is 75.4 Å². The Bertz CT molecular complexity index is 745. The van der Waals surface area contributed by atoms with Crippen molar-refractivity contribution in [1.82, 2.24) is 25.1 Å². The number of hydrogen-bond donors (Lipinski definition) is 2. The third kappa shape index (κ3) is 7.88. The lowest BCUT2D eigenvalue weighted by molar-refractivity contribution is 0.0373. The van der Waals surface area contributed by atoms with Gasteiger partial charge in [0.2, 0.25) is 0 Å². The molecule has 30 heavy (non-hydrogen) atoms. The Morgan fingerprint density at radius 3 is 2.73 bits per heavy atom. The summed E-state index contributed by atoms with van der Waals surface area (Å²) in [5.74, 6) is 1.86. The molecular weight excluding hydrogens is 491 g/mol. The van der Waals surface area contributed by atoms with E-state index in [2.05, 4.69) is 51.2 Å². The Labute approximate surface area is 197 Å². The number of rotatable bonds is 9. The summed E-state index contributed by atoms with van der Waals surface area (Å²) in [5, 5.41) is 3.39. The van der Waals surface area contributed by atoms with Gasteiger partial charge in [0.15, 0.2) is 5.96 Å². The number of ether oxygens (including phenoxy) is 1. The zero-order valence-electron chi connectivity index (χ0n) is 18.1. The van der Waals surface area contributed by atoms with E-state index < -0.39 is 0 Å². The zero-order chi connectivity index (χ0) is 20.3. The van der Waals surface area contributed by atoms with E-state index in [1.54, 1.807) is 0 Å². The number of nitrogens with one attached hydrogen (secondary N) is 2. The van der Waals surface area contributed by atoms with Crippen LogP contribution in [0.5, 0.6) is 0 Å². The SMILES string of the molecule is CCNC(=NCCCCN1CCOCC1)N(C)Cc1ncc(-c2ccccc2)[nH]1.I. The van der Waals surface area contributed by atoms with Crippen LogP contribution in [0.3, 0.4) is 0 Å². The molecule has 1 aromatic carbocycles. The van der Waals surface area contributed by atoms with Crippen molar-refractivity contribution in [3.8, 4) is 11.3 Å². The second kappa shape index (κ2) is 13.6. The number of aliphatic imine (C=N–C) groups is 1. The lowest BCUT2D eigenvalue weighted by Gasteiger charge is -2.26. The average molecular weight is 526 g/mol. The molecule has 1 aliphatic rings. The molecule has 0 bridgehead atoms. The summed E-state index contributed by atoms with van der Waals surface area (Å²) in [7, 11) is 2.06. The van der Waals surface area contributed by atoms with Crippen molar-refractivity contribution >= 4 is 29.9 Å². The first-order valence-corrected chi connectivity index (χ1v) is 10.6. The van der Waals surface area contributed by atoms with Crippen LogP contribution in [0.1, 0.15) is 25.6 Å². The molecule has 2 N–H and O–H groups in total. The molecule has 2 aromatic rings. The smallest absolute Gasteiger partial charge is 0.194 e. The number of benzene rings is 1. The molecular formula is C22H35IN6O. The van der Waals surface area contributed by atoms with Gasteiger partial charge in [0.05, 0.1) is 31.6 Å². The normalized spacial score (nSPS) is 14.9. The van der Waals surface area contributed by atoms with Gasteiger partial charge in [-0.3, -0.25) is 9.89 Å². The second-order valence-corrected chi connectivity index (χ2v) is 7.36. The van der Waals surface area contributed by atoms with Gasteiger partial charge in [-0.2, -0.15) is 0 Å². The number of halogens is 1. The molecule has 3 rings (SSSR count). The molecule has 2 heterocycles. The van der Waals surface area contributed by atoms with Gasteiger partial charge < -0.3 is 19.9 Å². The average Bonchev–Trinajstić information content (AvgIpc) is 3.22. The fourth-order valence-electron chi connectivity index (χ4n) is 3.43. The number of aromatic nitrogens is 2. The maximum absolute atomic E-state index is 5.40. The predicted molar refractivity (Wildman–Crippen MR) is 133 cm³/mol. The first-order chi connectivity index (χ1) is 14.3. The maximum atomic E-state index is 5.40. The molecule has 0 radical (unpaired) electrons. The molecule has 0 spiro atoms. The number of H-pyrrole nitrogens is 1. The number of imidazole rings is 1. The Balaban J connectivity index is 0.00000320. The fraction of sp³-hybridized carbons (Fsp3) is 0.545. The van der Waals surface area contributed by atoms with Crippen LogP contribution >= 0.6 is 24.0 Å². The maximum Gasteiger partial charge on any atom is 0.194 e. The highest BCUT2D eigenvalue weighted by atomic mass is 127. The van der Waals surface area contributed by atoms with Gasteiger partial charge in [0.25, 0.3) is 0 Å². The van der Waals surface area contributed by atoms with Crippen molar-refractivity contribution in [1.29, 1.82) is 0 Å². The molecule has 0 amide bonds. The van der Waals surface area contributed by atoms with Crippen molar-refractivity contribution < 1.29 is 4.74 Å². The van der Waals surface area contributed by atoms with Crippen LogP contribution in [0.4, 0.5) is 0 Å². The molecule has 8 heteroatoms. The standard InChI is InChI=1S/C22H34N6O.HI/c1-3-23-22(24-11-7-8-12-28-13-15-29-16-14-28)27(2)18-21-25-17-20(26-21)19-9-5-4-6-10-19;/h4-6,9-10,17H,3,7-8,11-16,18H2,1-2H3,(H,23,24)(H,25,26);1H. The number of nitrogens with zero attached hydrogens (tertiary/aromatic N) is 4. The van der Waals surface area contributed by atoms with Crippen LogP contribution in [-0.4, -0.2) is 78.7 Å². The molecule has 0 atom stereocenters. The van der Waals surface area contributed by atoms with Gasteiger partial charge in [-0.15, -0.1) is 24.0 Å². The van der Waals surface area contributed by atoms with E-state index in [4.69, 9.17) is 9.73 Å². The molecule has 0 saturated carbocycles. The van der Waals surface area contributed by atoms with Crippen LogP contribution in [0, 0.1) is 0 Å². The highest BCUT2D eigenvalue weighted by Gasteiger charge is 2.11. The van der Waals surface area contributed by atoms with Crippen LogP contribution in [0.15, 0.2) is 41.5 Å². The van der Waals surface area contributed by atoms with E-state index in [-0.39, 0.29) is 24.0 Å². The van der Waals surface area contributed by atoms with E-state index in [1.165, 1.54) is 6.42 Å². The summed E-state index contributed by atoms with van der Waals surface area (Å²) in [6.45, 7) is 9.47. The number of hydrogen-bond acceptors (Lipinski definition) is 4. The molecule has 7 nitrogen and oxygen atoms in total. The fourth-order valence-corrected chi connectivity index (χ4v) is 3.43. The summed E-state index contributed by atoms with van der Waals surface area (Å²) in [6, 6.07) is 10.3. The van der Waals surface area contributed by atoms with Gasteiger partial charge >= 0.3 is 0 Å². The van der Waals surface area contributed by atoms with Gasteiger partial charge in [-0.25, -0.2) is 4.98 Å². The third-order valence-corrected chi connectivity index (χ3v) is 5.04. The lowest BCUT2D eigenvalue weighted by Crippen LogP contribution is -2.39. The number of morpholine rings is 1. The summed E-state index contributed by atoms with van der Waals surface area (Å²) in [6.07, 6.45) is 4.17. The lowest BCUT2D eigenvalue weighted by atomic mass is 10.2.